The zero-order valence-corrected chi connectivity index (χ0v) is 6.45. The van der Waals surface area contributed by atoms with Gasteiger partial charge in [-0.1, -0.05) is 0 Å². The van der Waals surface area contributed by atoms with E-state index in [9.17, 15) is 30.5 Å². The highest BCUT2D eigenvalue weighted by Crippen LogP contribution is 2.26. The molecule has 0 spiro atoms. The van der Waals surface area contributed by atoms with E-state index in [1.165, 1.54) is 0 Å². The van der Waals surface area contributed by atoms with Crippen molar-refractivity contribution in [2.75, 3.05) is 5.75 Å². The predicted molar refractivity (Wildman–Crippen MR) is 30.1 cm³/mol. The zero-order valence-electron chi connectivity index (χ0n) is 5.64. The molecule has 0 amide bonds. The quantitative estimate of drug-likeness (QED) is 0.508. The van der Waals surface area contributed by atoms with E-state index < -0.39 is 34.6 Å². The van der Waals surface area contributed by atoms with Gasteiger partial charge in [0.25, 0.3) is 0 Å². The molecule has 0 radical (unpaired) electrons. The monoisotopic (exact) mass is 209 g/mol. The van der Waals surface area contributed by atoms with Crippen molar-refractivity contribution in [3.05, 3.63) is 0 Å². The van der Waals surface area contributed by atoms with Crippen LogP contribution >= 0.6 is 0 Å². The fourth-order valence-corrected chi connectivity index (χ4v) is 0.892. The zero-order chi connectivity index (χ0) is 9.99. The summed E-state index contributed by atoms with van der Waals surface area (Å²) >= 11 is 0. The van der Waals surface area contributed by atoms with Crippen molar-refractivity contribution in [1.29, 1.82) is 0 Å². The second kappa shape index (κ2) is 3.56. The third-order valence-electron chi connectivity index (χ3n) is 1.00. The largest absolute Gasteiger partial charge is 0.748 e. The van der Waals surface area contributed by atoms with Gasteiger partial charge in [-0.05, 0) is 0 Å². The molecule has 74 valence electrons. The van der Waals surface area contributed by atoms with Gasteiger partial charge in [0.1, 0.15) is 0 Å². The minimum Gasteiger partial charge on any atom is -0.748 e. The van der Waals surface area contributed by atoms with Gasteiger partial charge < -0.3 is 4.55 Å². The summed E-state index contributed by atoms with van der Waals surface area (Å²) in [6.45, 7) is 0. The SMILES string of the molecule is O=S(=O)([O-])CCC(F)(F)C(F)F. The van der Waals surface area contributed by atoms with E-state index in [-0.39, 0.29) is 0 Å². The van der Waals surface area contributed by atoms with Crippen molar-refractivity contribution in [2.45, 2.75) is 18.8 Å². The van der Waals surface area contributed by atoms with E-state index in [1.807, 2.05) is 0 Å². The Morgan fingerprint density at radius 3 is 2.00 bits per heavy atom. The van der Waals surface area contributed by atoms with Crippen LogP contribution in [-0.2, 0) is 10.1 Å². The van der Waals surface area contributed by atoms with Crippen LogP contribution in [0.4, 0.5) is 17.6 Å². The Morgan fingerprint density at radius 2 is 1.75 bits per heavy atom. The van der Waals surface area contributed by atoms with Crippen molar-refractivity contribution in [3.8, 4) is 0 Å². The summed E-state index contributed by atoms with van der Waals surface area (Å²) in [5.41, 5.74) is 0. The maximum atomic E-state index is 11.9. The Morgan fingerprint density at radius 1 is 1.33 bits per heavy atom. The van der Waals surface area contributed by atoms with Crippen LogP contribution < -0.4 is 0 Å². The van der Waals surface area contributed by atoms with Crippen LogP contribution in [0.2, 0.25) is 0 Å². The Kier molecular flexibility index (Phi) is 3.45. The summed E-state index contributed by atoms with van der Waals surface area (Å²) in [5, 5.41) is 0. The van der Waals surface area contributed by atoms with Gasteiger partial charge in [0.2, 0.25) is 0 Å². The molecule has 8 heteroatoms. The van der Waals surface area contributed by atoms with Crippen LogP contribution in [0.5, 0.6) is 0 Å². The van der Waals surface area contributed by atoms with E-state index >= 15 is 0 Å². The minimum atomic E-state index is -4.85. The van der Waals surface area contributed by atoms with Crippen LogP contribution in [0.15, 0.2) is 0 Å². The molecule has 0 aromatic heterocycles. The average molecular weight is 209 g/mol. The lowest BCUT2D eigenvalue weighted by Crippen LogP contribution is -2.29. The first-order valence-electron chi connectivity index (χ1n) is 2.75. The lowest BCUT2D eigenvalue weighted by molar-refractivity contribution is -0.129. The van der Waals surface area contributed by atoms with Crippen LogP contribution in [0.1, 0.15) is 6.42 Å². The Labute approximate surface area is 66.1 Å². The van der Waals surface area contributed by atoms with E-state index in [0.29, 0.717) is 0 Å². The molecule has 0 aliphatic carbocycles. The Balaban J connectivity index is 4.10. The normalized spacial score (nSPS) is 13.8. The van der Waals surface area contributed by atoms with Crippen LogP contribution in [0.25, 0.3) is 0 Å². The van der Waals surface area contributed by atoms with Crippen LogP contribution in [0.3, 0.4) is 0 Å². The van der Waals surface area contributed by atoms with Gasteiger partial charge in [-0.3, -0.25) is 0 Å². The van der Waals surface area contributed by atoms with Gasteiger partial charge in [0, 0.05) is 12.2 Å². The molecule has 12 heavy (non-hydrogen) atoms. The summed E-state index contributed by atoms with van der Waals surface area (Å²) < 4.78 is 75.8. The molecule has 0 saturated heterocycles. The number of halogens is 4. The van der Waals surface area contributed by atoms with Crippen molar-refractivity contribution in [1.82, 2.24) is 0 Å². The number of hydrogen-bond donors (Lipinski definition) is 0. The molecule has 0 bridgehead atoms. The molecular formula is C4H5F4O3S-. The fraction of sp³-hybridized carbons (Fsp3) is 1.00. The molecule has 0 saturated carbocycles. The molecular weight excluding hydrogens is 204 g/mol. The third kappa shape index (κ3) is 4.50. The smallest absolute Gasteiger partial charge is 0.308 e. The van der Waals surface area contributed by atoms with Crippen LogP contribution in [0, 0.1) is 0 Å². The summed E-state index contributed by atoms with van der Waals surface area (Å²) in [6.07, 6.45) is -5.59. The standard InChI is InChI=1S/C4H6F4O3S/c5-3(6)4(7,8)1-2-12(9,10)11/h3H,1-2H2,(H,9,10,11)/p-1. The highest BCUT2D eigenvalue weighted by atomic mass is 32.2. The van der Waals surface area contributed by atoms with Gasteiger partial charge in [-0.2, -0.15) is 0 Å². The first-order valence-corrected chi connectivity index (χ1v) is 4.32. The van der Waals surface area contributed by atoms with E-state index in [2.05, 4.69) is 0 Å². The maximum Gasteiger partial charge on any atom is 0.308 e. The average Bonchev–Trinajstić information content (AvgIpc) is 1.82. The van der Waals surface area contributed by atoms with E-state index in [1.54, 1.807) is 0 Å². The summed E-state index contributed by atoms with van der Waals surface area (Å²) in [7, 11) is -4.85. The molecule has 0 N–H and O–H groups in total. The summed E-state index contributed by atoms with van der Waals surface area (Å²) in [4.78, 5) is 0. The Hall–Kier alpha value is -0.370. The number of alkyl halides is 4. The van der Waals surface area contributed by atoms with Gasteiger partial charge >= 0.3 is 12.3 Å². The molecule has 0 aromatic carbocycles. The number of rotatable bonds is 4. The van der Waals surface area contributed by atoms with Crippen molar-refractivity contribution < 1.29 is 30.5 Å². The van der Waals surface area contributed by atoms with Gasteiger partial charge in [-0.25, -0.2) is 26.0 Å². The van der Waals surface area contributed by atoms with Gasteiger partial charge in [0.05, 0.1) is 10.1 Å². The van der Waals surface area contributed by atoms with E-state index in [0.717, 1.165) is 0 Å². The Bertz CT molecular complexity index is 235. The van der Waals surface area contributed by atoms with Crippen molar-refractivity contribution in [3.63, 3.8) is 0 Å². The second-order valence-electron chi connectivity index (χ2n) is 2.07. The molecule has 0 aliphatic heterocycles. The molecule has 0 rings (SSSR count). The van der Waals surface area contributed by atoms with E-state index in [4.69, 9.17) is 0 Å². The maximum absolute atomic E-state index is 11.9. The molecule has 3 nitrogen and oxygen atoms in total. The number of hydrogen-bond acceptors (Lipinski definition) is 3. The molecule has 0 aliphatic rings. The lowest BCUT2D eigenvalue weighted by atomic mass is 10.3. The minimum absolute atomic E-state index is 1.48. The third-order valence-corrected chi connectivity index (χ3v) is 1.71. The van der Waals surface area contributed by atoms with Crippen LogP contribution in [-0.4, -0.2) is 31.1 Å². The second-order valence-corrected chi connectivity index (χ2v) is 3.60. The lowest BCUT2D eigenvalue weighted by Gasteiger charge is -2.15. The first kappa shape index (κ1) is 11.6. The first-order chi connectivity index (χ1) is 5.15. The molecule has 0 fully saturated rings. The molecule has 0 atom stereocenters. The highest BCUT2D eigenvalue weighted by molar-refractivity contribution is 7.85. The summed E-state index contributed by atoms with van der Waals surface area (Å²) in [5.74, 6) is -5.89. The molecule has 0 heterocycles. The predicted octanol–water partition coefficient (Wildman–Crippen LogP) is 0.822. The summed E-state index contributed by atoms with van der Waals surface area (Å²) in [6, 6.07) is 0. The topological polar surface area (TPSA) is 57.2 Å². The van der Waals surface area contributed by atoms with Crippen molar-refractivity contribution >= 4 is 10.1 Å². The molecule has 0 unspecified atom stereocenters. The highest BCUT2D eigenvalue weighted by Gasteiger charge is 2.40. The fourth-order valence-electron chi connectivity index (χ4n) is 0.370. The van der Waals surface area contributed by atoms with Crippen molar-refractivity contribution in [2.24, 2.45) is 0 Å². The molecule has 0 aromatic rings. The van der Waals surface area contributed by atoms with Gasteiger partial charge in [0.15, 0.2) is 0 Å². The van der Waals surface area contributed by atoms with Gasteiger partial charge in [-0.15, -0.1) is 0 Å².